The highest BCUT2D eigenvalue weighted by molar-refractivity contribution is 7.99. The van der Waals surface area contributed by atoms with Crippen molar-refractivity contribution in [1.29, 1.82) is 0 Å². The molecule has 1 aromatic heterocycles. The number of tetrazole rings is 1. The van der Waals surface area contributed by atoms with Crippen molar-refractivity contribution in [2.45, 2.75) is 54.8 Å². The third kappa shape index (κ3) is 3.22. The Kier molecular flexibility index (Phi) is 4.47. The summed E-state index contributed by atoms with van der Waals surface area (Å²) in [6, 6.07) is 5.97. The zero-order valence-corrected chi connectivity index (χ0v) is 13.3. The minimum Gasteiger partial charge on any atom is -0.389 e. The predicted octanol–water partition coefficient (Wildman–Crippen LogP) is 3.65. The van der Waals surface area contributed by atoms with Crippen LogP contribution in [0.15, 0.2) is 28.3 Å². The van der Waals surface area contributed by atoms with Gasteiger partial charge in [-0.25, -0.2) is 4.68 Å². The Bertz CT molecular complexity index is 625. The molecule has 0 amide bonds. The van der Waals surface area contributed by atoms with Crippen LogP contribution in [-0.4, -0.2) is 25.3 Å². The number of hydrogen-bond acceptors (Lipinski definition) is 5. The quantitative estimate of drug-likeness (QED) is 0.930. The lowest BCUT2D eigenvalue weighted by Crippen LogP contribution is -2.08. The van der Waals surface area contributed by atoms with Crippen molar-refractivity contribution in [2.24, 2.45) is 0 Å². The van der Waals surface area contributed by atoms with E-state index in [1.165, 1.54) is 24.6 Å². The molecule has 1 saturated carbocycles. The van der Waals surface area contributed by atoms with E-state index in [0.29, 0.717) is 11.1 Å². The van der Waals surface area contributed by atoms with E-state index < -0.39 is 6.10 Å². The summed E-state index contributed by atoms with van der Waals surface area (Å²) in [5.74, 6) is 0. The van der Waals surface area contributed by atoms with Gasteiger partial charge in [0.25, 0.3) is 0 Å². The summed E-state index contributed by atoms with van der Waals surface area (Å²) in [4.78, 5) is 0.898. The summed E-state index contributed by atoms with van der Waals surface area (Å²) < 4.78 is 1.91. The molecule has 112 valence electrons. The molecule has 21 heavy (non-hydrogen) atoms. The molecule has 1 aromatic carbocycles. The third-order valence-electron chi connectivity index (χ3n) is 3.77. The summed E-state index contributed by atoms with van der Waals surface area (Å²) in [7, 11) is 0. The smallest absolute Gasteiger partial charge is 0.214 e. The van der Waals surface area contributed by atoms with Gasteiger partial charge in [-0.3, -0.25) is 0 Å². The largest absolute Gasteiger partial charge is 0.389 e. The van der Waals surface area contributed by atoms with Crippen molar-refractivity contribution in [2.75, 3.05) is 0 Å². The van der Waals surface area contributed by atoms with Crippen LogP contribution in [0.1, 0.15) is 50.3 Å². The van der Waals surface area contributed by atoms with E-state index in [2.05, 4.69) is 15.5 Å². The van der Waals surface area contributed by atoms with Gasteiger partial charge in [0.2, 0.25) is 5.16 Å². The Balaban J connectivity index is 1.82. The zero-order chi connectivity index (χ0) is 14.8. The SMILES string of the molecule is C[C@@H](O)c1ccc(Sc2nnnn2C2CCCC2)c(Cl)c1. The molecule has 7 heteroatoms. The first-order chi connectivity index (χ1) is 10.1. The molecule has 1 N–H and O–H groups in total. The molecule has 3 rings (SSSR count). The first-order valence-corrected chi connectivity index (χ1v) is 8.28. The second-order valence-electron chi connectivity index (χ2n) is 5.31. The summed E-state index contributed by atoms with van der Waals surface area (Å²) in [5.41, 5.74) is 0.805. The van der Waals surface area contributed by atoms with Crippen LogP contribution in [0.5, 0.6) is 0 Å². The van der Waals surface area contributed by atoms with Gasteiger partial charge in [0.05, 0.1) is 17.2 Å². The van der Waals surface area contributed by atoms with E-state index in [4.69, 9.17) is 11.6 Å². The number of nitrogens with zero attached hydrogens (tertiary/aromatic N) is 4. The van der Waals surface area contributed by atoms with E-state index in [1.807, 2.05) is 16.8 Å². The Hall–Kier alpha value is -1.11. The maximum Gasteiger partial charge on any atom is 0.214 e. The van der Waals surface area contributed by atoms with Gasteiger partial charge in [0.1, 0.15) is 0 Å². The van der Waals surface area contributed by atoms with Gasteiger partial charge in [0.15, 0.2) is 0 Å². The molecule has 0 bridgehead atoms. The van der Waals surface area contributed by atoms with Gasteiger partial charge in [-0.2, -0.15) is 0 Å². The molecule has 1 fully saturated rings. The van der Waals surface area contributed by atoms with Crippen LogP contribution in [-0.2, 0) is 0 Å². The lowest BCUT2D eigenvalue weighted by molar-refractivity contribution is 0.199. The molecule has 1 atom stereocenters. The number of aliphatic hydroxyl groups excluding tert-OH is 1. The van der Waals surface area contributed by atoms with Gasteiger partial charge in [-0.1, -0.05) is 30.5 Å². The Labute approximate surface area is 132 Å². The van der Waals surface area contributed by atoms with Crippen LogP contribution < -0.4 is 0 Å². The fourth-order valence-electron chi connectivity index (χ4n) is 2.59. The van der Waals surface area contributed by atoms with Crippen molar-refractivity contribution in [3.05, 3.63) is 28.8 Å². The molecule has 0 spiro atoms. The summed E-state index contributed by atoms with van der Waals surface area (Å²) in [5, 5.41) is 23.0. The normalized spacial score (nSPS) is 17.3. The van der Waals surface area contributed by atoms with Crippen molar-refractivity contribution in [3.63, 3.8) is 0 Å². The van der Waals surface area contributed by atoms with Gasteiger partial charge >= 0.3 is 0 Å². The highest BCUT2D eigenvalue weighted by Gasteiger charge is 2.22. The van der Waals surface area contributed by atoms with Gasteiger partial charge in [0, 0.05) is 4.90 Å². The molecule has 0 unspecified atom stereocenters. The van der Waals surface area contributed by atoms with Crippen molar-refractivity contribution >= 4 is 23.4 Å². The average molecular weight is 325 g/mol. The van der Waals surface area contributed by atoms with Crippen molar-refractivity contribution in [3.8, 4) is 0 Å². The average Bonchev–Trinajstić information content (AvgIpc) is 3.11. The number of benzene rings is 1. The molecule has 0 saturated heterocycles. The van der Waals surface area contributed by atoms with Crippen molar-refractivity contribution in [1.82, 2.24) is 20.2 Å². The topological polar surface area (TPSA) is 63.8 Å². The second kappa shape index (κ2) is 6.34. The summed E-state index contributed by atoms with van der Waals surface area (Å²) in [6.45, 7) is 1.72. The van der Waals surface area contributed by atoms with Gasteiger partial charge < -0.3 is 5.11 Å². The van der Waals surface area contributed by atoms with Crippen LogP contribution in [0.3, 0.4) is 0 Å². The summed E-state index contributed by atoms with van der Waals surface area (Å²) in [6.07, 6.45) is 4.21. The van der Waals surface area contributed by atoms with Crippen LogP contribution in [0.4, 0.5) is 0 Å². The lowest BCUT2D eigenvalue weighted by atomic mass is 10.1. The zero-order valence-electron chi connectivity index (χ0n) is 11.7. The highest BCUT2D eigenvalue weighted by Crippen LogP contribution is 2.37. The number of aliphatic hydroxyl groups is 1. The van der Waals surface area contributed by atoms with E-state index in [0.717, 1.165) is 28.5 Å². The fourth-order valence-corrected chi connectivity index (χ4v) is 3.74. The first kappa shape index (κ1) is 14.8. The maximum absolute atomic E-state index is 9.58. The van der Waals surface area contributed by atoms with Gasteiger partial charge in [-0.15, -0.1) is 5.10 Å². The van der Waals surface area contributed by atoms with Crippen LogP contribution in [0.2, 0.25) is 5.02 Å². The Morgan fingerprint density at radius 1 is 1.38 bits per heavy atom. The highest BCUT2D eigenvalue weighted by atomic mass is 35.5. The van der Waals surface area contributed by atoms with E-state index in [1.54, 1.807) is 13.0 Å². The predicted molar refractivity (Wildman–Crippen MR) is 81.5 cm³/mol. The van der Waals surface area contributed by atoms with Crippen LogP contribution >= 0.6 is 23.4 Å². The maximum atomic E-state index is 9.58. The number of halogens is 1. The van der Waals surface area contributed by atoms with Crippen molar-refractivity contribution < 1.29 is 5.11 Å². The molecule has 2 aromatic rings. The standard InChI is InChI=1S/C14H17ClN4OS/c1-9(20)10-6-7-13(12(15)8-10)21-14-16-17-18-19(14)11-4-2-3-5-11/h6-9,11,20H,2-5H2,1H3/t9-/m1/s1. The molecule has 1 aliphatic carbocycles. The fraction of sp³-hybridized carbons (Fsp3) is 0.500. The second-order valence-corrected chi connectivity index (χ2v) is 6.73. The molecular weight excluding hydrogens is 308 g/mol. The van der Waals surface area contributed by atoms with Crippen LogP contribution in [0.25, 0.3) is 0 Å². The minimum absolute atomic E-state index is 0.401. The Morgan fingerprint density at radius 2 is 2.14 bits per heavy atom. The summed E-state index contributed by atoms with van der Waals surface area (Å²) >= 11 is 7.76. The molecule has 1 aliphatic rings. The number of rotatable bonds is 4. The van der Waals surface area contributed by atoms with E-state index in [9.17, 15) is 5.11 Å². The number of aromatic nitrogens is 4. The monoisotopic (exact) mass is 324 g/mol. The Morgan fingerprint density at radius 3 is 2.81 bits per heavy atom. The minimum atomic E-state index is -0.523. The lowest BCUT2D eigenvalue weighted by Gasteiger charge is -2.12. The molecule has 5 nitrogen and oxygen atoms in total. The van der Waals surface area contributed by atoms with E-state index >= 15 is 0 Å². The third-order valence-corrected chi connectivity index (χ3v) is 5.22. The molecular formula is C14H17ClN4OS. The first-order valence-electron chi connectivity index (χ1n) is 7.08. The molecule has 0 aliphatic heterocycles. The molecule has 1 heterocycles. The molecule has 0 radical (unpaired) electrons. The number of hydrogen-bond donors (Lipinski definition) is 1. The van der Waals surface area contributed by atoms with Crippen LogP contribution in [0, 0.1) is 0 Å². The van der Waals surface area contributed by atoms with E-state index in [-0.39, 0.29) is 0 Å². The van der Waals surface area contributed by atoms with Gasteiger partial charge in [-0.05, 0) is 59.7 Å².